The zero-order valence-corrected chi connectivity index (χ0v) is 43.9. The van der Waals surface area contributed by atoms with E-state index in [0.717, 1.165) is 64.7 Å². The van der Waals surface area contributed by atoms with Gasteiger partial charge in [0.2, 0.25) is 0 Å². The van der Waals surface area contributed by atoms with Crippen molar-refractivity contribution in [3.8, 4) is 0 Å². The summed E-state index contributed by atoms with van der Waals surface area (Å²) in [5, 5.41) is 31.9. The van der Waals surface area contributed by atoms with Crippen LogP contribution in [0.5, 0.6) is 0 Å². The molecule has 2 rings (SSSR count). The van der Waals surface area contributed by atoms with Gasteiger partial charge in [0.25, 0.3) is 0 Å². The Morgan fingerprint density at radius 2 is 1.15 bits per heavy atom. The van der Waals surface area contributed by atoms with Crippen molar-refractivity contribution < 1.29 is 39.1 Å². The van der Waals surface area contributed by atoms with Gasteiger partial charge in [-0.05, 0) is 91.2 Å². The monoisotopic (exact) mass is 939 g/mol. The highest BCUT2D eigenvalue weighted by Gasteiger charge is 2.46. The Labute approximate surface area is 412 Å². The molecule has 1 saturated heterocycles. The molecule has 8 nitrogen and oxygen atoms in total. The van der Waals surface area contributed by atoms with Gasteiger partial charge in [0.05, 0.1) is 5.60 Å². The summed E-state index contributed by atoms with van der Waals surface area (Å²) in [4.78, 5) is 24.7. The summed E-state index contributed by atoms with van der Waals surface area (Å²) in [7, 11) is 0. The first-order valence-electron chi connectivity index (χ1n) is 25.5. The van der Waals surface area contributed by atoms with Gasteiger partial charge in [-0.2, -0.15) is 0 Å². The molecule has 0 aromatic rings. The van der Waals surface area contributed by atoms with E-state index in [1.165, 1.54) is 51.4 Å². The van der Waals surface area contributed by atoms with Gasteiger partial charge in [-0.3, -0.25) is 9.59 Å². The molecule has 378 valence electrons. The van der Waals surface area contributed by atoms with Crippen LogP contribution in [0.1, 0.15) is 172 Å². The summed E-state index contributed by atoms with van der Waals surface area (Å²) in [6, 6.07) is 0. The molecule has 0 unspecified atom stereocenters. The first-order chi connectivity index (χ1) is 32.3. The van der Waals surface area contributed by atoms with Gasteiger partial charge >= 0.3 is 5.97 Å². The van der Waals surface area contributed by atoms with Gasteiger partial charge in [0, 0.05) is 12.8 Å². The molecule has 2 aliphatic rings. The zero-order chi connectivity index (χ0) is 50.5. The van der Waals surface area contributed by atoms with Crippen LogP contribution >= 0.6 is 0 Å². The van der Waals surface area contributed by atoms with Crippen LogP contribution in [0.25, 0.3) is 0 Å². The number of Topliss-reactive ketones (excluding diaryl/α,β-unsaturated/α-hetero) is 1. The SMILES string of the molecule is CCCCCCCCCCCCCC(=O)OC[C@H]1O[C@@H](OC(C)(C)C/C=C/C(C)=C/C=C/C(C)=C/C=C/C(C)=C/C=C/C=C(C)/C=C/C=C(C)/C=C/C2=C(C)C(=O)CCC2(C)C)[C@H](O)[C@@H](O)[C@@H]1O. The third kappa shape index (κ3) is 24.9. The van der Waals surface area contributed by atoms with E-state index in [1.54, 1.807) is 0 Å². The predicted octanol–water partition coefficient (Wildman–Crippen LogP) is 14.0. The van der Waals surface area contributed by atoms with Crippen LogP contribution in [-0.4, -0.2) is 70.0 Å². The Morgan fingerprint density at radius 1 is 0.676 bits per heavy atom. The second-order valence-electron chi connectivity index (χ2n) is 20.2. The van der Waals surface area contributed by atoms with Crippen LogP contribution < -0.4 is 0 Å². The van der Waals surface area contributed by atoms with E-state index in [-0.39, 0.29) is 23.8 Å². The highest BCUT2D eigenvalue weighted by Crippen LogP contribution is 2.39. The molecule has 0 bridgehead atoms. The second-order valence-corrected chi connectivity index (χ2v) is 20.2. The first-order valence-corrected chi connectivity index (χ1v) is 25.5. The van der Waals surface area contributed by atoms with E-state index in [1.807, 2.05) is 76.3 Å². The molecule has 0 spiro atoms. The Kier molecular flexibility index (Phi) is 28.7. The fourth-order valence-electron chi connectivity index (χ4n) is 7.94. The van der Waals surface area contributed by atoms with Crippen molar-refractivity contribution in [1.82, 2.24) is 0 Å². The number of carbonyl (C=O) groups is 2. The summed E-state index contributed by atoms with van der Waals surface area (Å²) in [6.07, 6.45) is 43.7. The molecule has 1 aliphatic carbocycles. The fourth-order valence-corrected chi connectivity index (χ4v) is 7.94. The lowest BCUT2D eigenvalue weighted by atomic mass is 9.72. The standard InChI is InChI=1S/C60H90O8/c1-12-13-14-15-16-17-18-19-20-21-22-38-54(62)66-44-53-55(63)56(64)57(65)58(67-53)68-60(10,11)42-28-37-48(5)35-26-34-47(4)33-25-31-45(2)29-23-24-30-46(3)32-27-36-49(6)39-40-51-50(7)52(61)41-43-59(51,8)9/h23-37,39-40,53,55-58,63-65H,12-22,38,41-44H2,1-11H3/b24-23+,31-25+,32-27+,34-26+,37-28+,40-39+,45-29+,46-30+,47-33+,48-35+,49-36+/t53-,55-,56+,57-,58+/m1/s1. The van der Waals surface area contributed by atoms with Gasteiger partial charge in [-0.1, -0.05) is 216 Å². The first kappa shape index (κ1) is 59.9. The molecule has 0 saturated carbocycles. The lowest BCUT2D eigenvalue weighted by Gasteiger charge is -2.42. The molecule has 8 heteroatoms. The lowest BCUT2D eigenvalue weighted by molar-refractivity contribution is -0.323. The summed E-state index contributed by atoms with van der Waals surface area (Å²) < 4.78 is 17.4. The van der Waals surface area contributed by atoms with Crippen molar-refractivity contribution in [3.05, 3.63) is 142 Å². The number of aliphatic hydroxyl groups excluding tert-OH is 3. The van der Waals surface area contributed by atoms with Crippen LogP contribution in [0.2, 0.25) is 0 Å². The van der Waals surface area contributed by atoms with E-state index in [2.05, 4.69) is 103 Å². The van der Waals surface area contributed by atoms with Gasteiger partial charge in [-0.15, -0.1) is 0 Å². The number of ketones is 1. The third-order valence-corrected chi connectivity index (χ3v) is 12.5. The van der Waals surface area contributed by atoms with Crippen LogP contribution in [0.4, 0.5) is 0 Å². The minimum absolute atomic E-state index is 0.0178. The maximum atomic E-state index is 12.4. The molecule has 3 N–H and O–H groups in total. The number of carbonyl (C=O) groups excluding carboxylic acids is 2. The number of aliphatic hydroxyl groups is 3. The molecule has 0 aromatic heterocycles. The maximum Gasteiger partial charge on any atom is 0.305 e. The van der Waals surface area contributed by atoms with Crippen LogP contribution in [0, 0.1) is 5.41 Å². The second kappa shape index (κ2) is 32.6. The number of allylic oxidation sites excluding steroid dienone is 23. The molecule has 68 heavy (non-hydrogen) atoms. The normalized spacial score (nSPS) is 23.1. The van der Waals surface area contributed by atoms with Crippen molar-refractivity contribution in [3.63, 3.8) is 0 Å². The van der Waals surface area contributed by atoms with Crippen LogP contribution in [0.3, 0.4) is 0 Å². The minimum atomic E-state index is -1.51. The van der Waals surface area contributed by atoms with E-state index in [4.69, 9.17) is 14.2 Å². The predicted molar refractivity (Wildman–Crippen MR) is 283 cm³/mol. The van der Waals surface area contributed by atoms with Crippen LogP contribution in [0.15, 0.2) is 142 Å². The van der Waals surface area contributed by atoms with E-state index in [9.17, 15) is 24.9 Å². The molecule has 5 atom stereocenters. The Hall–Kier alpha value is -4.18. The van der Waals surface area contributed by atoms with Crippen molar-refractivity contribution >= 4 is 11.8 Å². The molecule has 0 amide bonds. The van der Waals surface area contributed by atoms with Gasteiger partial charge in [0.15, 0.2) is 12.1 Å². The summed E-state index contributed by atoms with van der Waals surface area (Å²) >= 11 is 0. The molecule has 1 heterocycles. The van der Waals surface area contributed by atoms with Crippen LogP contribution in [-0.2, 0) is 23.8 Å². The van der Waals surface area contributed by atoms with Gasteiger partial charge < -0.3 is 29.5 Å². The van der Waals surface area contributed by atoms with E-state index in [0.29, 0.717) is 19.3 Å². The minimum Gasteiger partial charge on any atom is -0.463 e. The highest BCUT2D eigenvalue weighted by molar-refractivity contribution is 5.97. The molecule has 0 radical (unpaired) electrons. The Balaban J connectivity index is 1.78. The molecule has 1 fully saturated rings. The van der Waals surface area contributed by atoms with E-state index < -0.39 is 36.3 Å². The van der Waals surface area contributed by atoms with E-state index >= 15 is 0 Å². The molecule has 1 aliphatic heterocycles. The number of unbranched alkanes of at least 4 members (excludes halogenated alkanes) is 10. The third-order valence-electron chi connectivity index (χ3n) is 12.5. The smallest absolute Gasteiger partial charge is 0.305 e. The number of rotatable bonds is 29. The molecular weight excluding hydrogens is 849 g/mol. The fraction of sp³-hybridized carbons (Fsp3) is 0.567. The van der Waals surface area contributed by atoms with Crippen molar-refractivity contribution in [2.45, 2.75) is 209 Å². The molecule has 0 aromatic carbocycles. The topological polar surface area (TPSA) is 123 Å². The van der Waals surface area contributed by atoms with Crippen molar-refractivity contribution in [2.24, 2.45) is 5.41 Å². The number of hydrogen-bond donors (Lipinski definition) is 3. The average Bonchev–Trinajstić information content (AvgIpc) is 3.28. The summed E-state index contributed by atoms with van der Waals surface area (Å²) in [5.74, 6) is -0.111. The van der Waals surface area contributed by atoms with Gasteiger partial charge in [-0.25, -0.2) is 0 Å². The summed E-state index contributed by atoms with van der Waals surface area (Å²) in [6.45, 7) is 22.4. The van der Waals surface area contributed by atoms with Crippen molar-refractivity contribution in [1.29, 1.82) is 0 Å². The average molecular weight is 939 g/mol. The number of esters is 1. The Bertz CT molecular complexity index is 1940. The maximum absolute atomic E-state index is 12.4. The zero-order valence-electron chi connectivity index (χ0n) is 43.9. The largest absolute Gasteiger partial charge is 0.463 e. The highest BCUT2D eigenvalue weighted by atomic mass is 16.7. The Morgan fingerprint density at radius 3 is 1.68 bits per heavy atom. The van der Waals surface area contributed by atoms with Gasteiger partial charge in [0.1, 0.15) is 31.0 Å². The molecular formula is C60H90O8. The number of hydrogen-bond acceptors (Lipinski definition) is 8. The number of ether oxygens (including phenoxy) is 3. The van der Waals surface area contributed by atoms with Crippen molar-refractivity contribution in [2.75, 3.05) is 6.61 Å². The summed E-state index contributed by atoms with van der Waals surface area (Å²) in [5.41, 5.74) is 6.82. The lowest BCUT2D eigenvalue weighted by Crippen LogP contribution is -2.60. The quantitative estimate of drug-likeness (QED) is 0.0385.